The lowest BCUT2D eigenvalue weighted by Crippen LogP contribution is -2.04. The van der Waals surface area contributed by atoms with Crippen molar-refractivity contribution >= 4 is 17.3 Å². The first-order chi connectivity index (χ1) is 7.70. The average Bonchev–Trinajstić information content (AvgIpc) is 2.69. The van der Waals surface area contributed by atoms with Gasteiger partial charge in [0.05, 0.1) is 6.54 Å². The van der Waals surface area contributed by atoms with Crippen molar-refractivity contribution in [2.24, 2.45) is 0 Å². The summed E-state index contributed by atoms with van der Waals surface area (Å²) >= 11 is 6.13. The molecular formula is C12H14ClN3. The van der Waals surface area contributed by atoms with Crippen LogP contribution in [0.15, 0.2) is 30.6 Å². The van der Waals surface area contributed by atoms with Crippen molar-refractivity contribution in [1.29, 1.82) is 0 Å². The van der Waals surface area contributed by atoms with Crippen LogP contribution in [0.3, 0.4) is 0 Å². The molecule has 0 unspecified atom stereocenters. The van der Waals surface area contributed by atoms with Crippen LogP contribution in [-0.4, -0.2) is 9.55 Å². The quantitative estimate of drug-likeness (QED) is 0.832. The first-order valence-electron chi connectivity index (χ1n) is 5.24. The van der Waals surface area contributed by atoms with E-state index in [1.54, 1.807) is 6.07 Å². The molecule has 3 nitrogen and oxygen atoms in total. The summed E-state index contributed by atoms with van der Waals surface area (Å²) in [6.45, 7) is 2.83. The minimum Gasteiger partial charge on any atom is -0.399 e. The lowest BCUT2D eigenvalue weighted by Gasteiger charge is -2.08. The van der Waals surface area contributed by atoms with Crippen molar-refractivity contribution < 1.29 is 0 Å². The highest BCUT2D eigenvalue weighted by Gasteiger charge is 2.04. The molecule has 16 heavy (non-hydrogen) atoms. The van der Waals surface area contributed by atoms with E-state index < -0.39 is 0 Å². The van der Waals surface area contributed by atoms with Gasteiger partial charge in [-0.1, -0.05) is 24.6 Å². The Kier molecular flexibility index (Phi) is 3.15. The maximum Gasteiger partial charge on any atom is 0.108 e. The van der Waals surface area contributed by atoms with Gasteiger partial charge in [0.2, 0.25) is 0 Å². The zero-order chi connectivity index (χ0) is 11.5. The Labute approximate surface area is 99.9 Å². The van der Waals surface area contributed by atoms with E-state index in [2.05, 4.69) is 16.5 Å². The van der Waals surface area contributed by atoms with Crippen LogP contribution in [0.4, 0.5) is 5.69 Å². The number of nitrogens with two attached hydrogens (primary N) is 1. The average molecular weight is 236 g/mol. The number of hydrogen-bond acceptors (Lipinski definition) is 2. The summed E-state index contributed by atoms with van der Waals surface area (Å²) < 4.78 is 2.09. The molecule has 0 radical (unpaired) electrons. The number of benzene rings is 1. The zero-order valence-electron chi connectivity index (χ0n) is 9.15. The van der Waals surface area contributed by atoms with Gasteiger partial charge in [-0.15, -0.1) is 0 Å². The van der Waals surface area contributed by atoms with Crippen molar-refractivity contribution in [2.45, 2.75) is 19.9 Å². The largest absolute Gasteiger partial charge is 0.399 e. The van der Waals surface area contributed by atoms with Gasteiger partial charge in [-0.25, -0.2) is 4.98 Å². The van der Waals surface area contributed by atoms with Gasteiger partial charge in [0.1, 0.15) is 5.82 Å². The second-order valence-corrected chi connectivity index (χ2v) is 4.08. The minimum atomic E-state index is 0.690. The summed E-state index contributed by atoms with van der Waals surface area (Å²) in [6.07, 6.45) is 4.69. The third-order valence-electron chi connectivity index (χ3n) is 2.54. The molecule has 2 rings (SSSR count). The van der Waals surface area contributed by atoms with Gasteiger partial charge in [0, 0.05) is 29.5 Å². The number of imidazole rings is 1. The zero-order valence-corrected chi connectivity index (χ0v) is 9.91. The molecule has 0 spiro atoms. The maximum absolute atomic E-state index is 6.13. The fourth-order valence-corrected chi connectivity index (χ4v) is 1.92. The van der Waals surface area contributed by atoms with Crippen molar-refractivity contribution in [1.82, 2.24) is 9.55 Å². The molecule has 0 bridgehead atoms. The van der Waals surface area contributed by atoms with E-state index in [9.17, 15) is 0 Å². The van der Waals surface area contributed by atoms with Crippen molar-refractivity contribution in [2.75, 3.05) is 5.73 Å². The van der Waals surface area contributed by atoms with Gasteiger partial charge >= 0.3 is 0 Å². The predicted octanol–water partition coefficient (Wildman–Crippen LogP) is 2.73. The van der Waals surface area contributed by atoms with Crippen molar-refractivity contribution in [3.8, 4) is 0 Å². The Morgan fingerprint density at radius 1 is 1.44 bits per heavy atom. The highest BCUT2D eigenvalue weighted by Crippen LogP contribution is 2.20. The highest BCUT2D eigenvalue weighted by molar-refractivity contribution is 6.31. The number of aryl methyl sites for hydroxylation is 1. The lowest BCUT2D eigenvalue weighted by molar-refractivity contribution is 0.732. The van der Waals surface area contributed by atoms with Gasteiger partial charge in [0.15, 0.2) is 0 Å². The highest BCUT2D eigenvalue weighted by atomic mass is 35.5. The van der Waals surface area contributed by atoms with E-state index in [0.29, 0.717) is 10.7 Å². The molecule has 2 aromatic rings. The first kappa shape index (κ1) is 11.0. The summed E-state index contributed by atoms with van der Waals surface area (Å²) in [5.74, 6) is 1.06. The van der Waals surface area contributed by atoms with Gasteiger partial charge < -0.3 is 10.3 Å². The molecule has 0 saturated heterocycles. The SMILES string of the molecule is CCc1nccn1Cc1ccc(N)cc1Cl. The predicted molar refractivity (Wildman–Crippen MR) is 66.6 cm³/mol. The molecule has 4 heteroatoms. The summed E-state index contributed by atoms with van der Waals surface area (Å²) in [5, 5.41) is 0.704. The molecule has 1 aromatic carbocycles. The monoisotopic (exact) mass is 235 g/mol. The van der Waals surface area contributed by atoms with Gasteiger partial charge in [0.25, 0.3) is 0 Å². The molecule has 0 fully saturated rings. The topological polar surface area (TPSA) is 43.8 Å². The van der Waals surface area contributed by atoms with E-state index in [0.717, 1.165) is 24.4 Å². The molecule has 0 saturated carbocycles. The molecule has 0 aliphatic carbocycles. The second kappa shape index (κ2) is 4.58. The normalized spacial score (nSPS) is 10.6. The molecular weight excluding hydrogens is 222 g/mol. The van der Waals surface area contributed by atoms with E-state index in [1.807, 2.05) is 24.5 Å². The fourth-order valence-electron chi connectivity index (χ4n) is 1.67. The smallest absolute Gasteiger partial charge is 0.108 e. The Bertz CT molecular complexity index is 491. The number of rotatable bonds is 3. The Balaban J connectivity index is 2.27. The van der Waals surface area contributed by atoms with E-state index >= 15 is 0 Å². The van der Waals surface area contributed by atoms with Crippen LogP contribution in [0, 0.1) is 0 Å². The standard InChI is InChI=1S/C12H14ClN3/c1-2-12-15-5-6-16(12)8-9-3-4-10(14)7-11(9)13/h3-7H,2,8,14H2,1H3. The maximum atomic E-state index is 6.13. The Morgan fingerprint density at radius 3 is 2.94 bits per heavy atom. The van der Waals surface area contributed by atoms with Gasteiger partial charge in [-0.05, 0) is 17.7 Å². The number of hydrogen-bond donors (Lipinski definition) is 1. The Morgan fingerprint density at radius 2 is 2.25 bits per heavy atom. The Hall–Kier alpha value is -1.48. The van der Waals surface area contributed by atoms with E-state index in [1.165, 1.54) is 0 Å². The molecule has 1 heterocycles. The third kappa shape index (κ3) is 2.19. The van der Waals surface area contributed by atoms with E-state index in [4.69, 9.17) is 17.3 Å². The molecule has 84 valence electrons. The molecule has 2 N–H and O–H groups in total. The molecule has 0 amide bonds. The summed E-state index contributed by atoms with van der Waals surface area (Å²) in [7, 11) is 0. The van der Waals surface area contributed by atoms with Crippen LogP contribution in [0.2, 0.25) is 5.02 Å². The van der Waals surface area contributed by atoms with Crippen LogP contribution in [-0.2, 0) is 13.0 Å². The van der Waals surface area contributed by atoms with Crippen LogP contribution in [0.5, 0.6) is 0 Å². The number of anilines is 1. The number of nitrogens with zero attached hydrogens (tertiary/aromatic N) is 2. The first-order valence-corrected chi connectivity index (χ1v) is 5.62. The lowest BCUT2D eigenvalue weighted by atomic mass is 10.2. The number of halogens is 1. The van der Waals surface area contributed by atoms with Crippen LogP contribution < -0.4 is 5.73 Å². The van der Waals surface area contributed by atoms with Crippen LogP contribution in [0.1, 0.15) is 18.3 Å². The van der Waals surface area contributed by atoms with Crippen molar-refractivity contribution in [3.05, 3.63) is 47.0 Å². The fraction of sp³-hybridized carbons (Fsp3) is 0.250. The van der Waals surface area contributed by atoms with Crippen LogP contribution >= 0.6 is 11.6 Å². The van der Waals surface area contributed by atoms with Gasteiger partial charge in [-0.2, -0.15) is 0 Å². The molecule has 1 aromatic heterocycles. The minimum absolute atomic E-state index is 0.690. The second-order valence-electron chi connectivity index (χ2n) is 3.68. The summed E-state index contributed by atoms with van der Waals surface area (Å²) in [5.41, 5.74) is 7.40. The summed E-state index contributed by atoms with van der Waals surface area (Å²) in [6, 6.07) is 5.60. The summed E-state index contributed by atoms with van der Waals surface area (Å²) in [4.78, 5) is 4.27. The molecule has 0 aliphatic rings. The third-order valence-corrected chi connectivity index (χ3v) is 2.89. The number of nitrogen functional groups attached to an aromatic ring is 1. The van der Waals surface area contributed by atoms with Crippen LogP contribution in [0.25, 0.3) is 0 Å². The van der Waals surface area contributed by atoms with Crippen molar-refractivity contribution in [3.63, 3.8) is 0 Å². The molecule has 0 aliphatic heterocycles. The number of aromatic nitrogens is 2. The molecule has 0 atom stereocenters. The van der Waals surface area contributed by atoms with E-state index in [-0.39, 0.29) is 0 Å². The van der Waals surface area contributed by atoms with Gasteiger partial charge in [-0.3, -0.25) is 0 Å².